The molecule has 150 valence electrons. The number of aliphatic hydroxyl groups excluding tert-OH is 1. The maximum atomic E-state index is 12.7. The van der Waals surface area contributed by atoms with Gasteiger partial charge in [0.05, 0.1) is 30.2 Å². The smallest absolute Gasteiger partial charge is 0.271 e. The molecule has 2 aromatic carbocycles. The van der Waals surface area contributed by atoms with Crippen molar-refractivity contribution in [3.63, 3.8) is 0 Å². The molecular formula is C24H27N3O2. The van der Waals surface area contributed by atoms with E-state index in [0.717, 1.165) is 22.4 Å². The Morgan fingerprint density at radius 3 is 1.93 bits per heavy atom. The molecule has 0 saturated heterocycles. The summed E-state index contributed by atoms with van der Waals surface area (Å²) >= 11 is 0. The highest BCUT2D eigenvalue weighted by Gasteiger charge is 2.20. The van der Waals surface area contributed by atoms with Crippen LogP contribution in [0, 0.1) is 19.8 Å². The highest BCUT2D eigenvalue weighted by Crippen LogP contribution is 2.29. The number of carbonyl (C=O) groups excluding carboxylic acids is 1. The molecule has 0 radical (unpaired) electrons. The Morgan fingerprint density at radius 2 is 1.45 bits per heavy atom. The van der Waals surface area contributed by atoms with Crippen molar-refractivity contribution in [1.29, 1.82) is 0 Å². The monoisotopic (exact) mass is 389 g/mol. The minimum Gasteiger partial charge on any atom is -0.394 e. The van der Waals surface area contributed by atoms with Gasteiger partial charge < -0.3 is 10.4 Å². The minimum absolute atomic E-state index is 0.111. The van der Waals surface area contributed by atoms with Crippen LogP contribution < -0.4 is 5.32 Å². The lowest BCUT2D eigenvalue weighted by molar-refractivity contribution is 0.0891. The number of carbonyl (C=O) groups is 1. The molecule has 5 nitrogen and oxygen atoms in total. The van der Waals surface area contributed by atoms with Crippen LogP contribution in [0.25, 0.3) is 22.5 Å². The Hall–Kier alpha value is -3.05. The van der Waals surface area contributed by atoms with Crippen molar-refractivity contribution in [2.45, 2.75) is 33.7 Å². The minimum atomic E-state index is -0.339. The maximum absolute atomic E-state index is 12.7. The molecule has 3 rings (SSSR count). The lowest BCUT2D eigenvalue weighted by Gasteiger charge is -2.20. The van der Waals surface area contributed by atoms with E-state index in [4.69, 9.17) is 0 Å². The number of aryl methyl sites for hydroxylation is 2. The molecule has 1 aromatic heterocycles. The topological polar surface area (TPSA) is 75.1 Å². The number of nitrogens with one attached hydrogen (secondary N) is 1. The van der Waals surface area contributed by atoms with E-state index in [2.05, 4.69) is 15.3 Å². The normalized spacial score (nSPS) is 12.1. The average Bonchev–Trinajstić information content (AvgIpc) is 2.72. The zero-order valence-corrected chi connectivity index (χ0v) is 17.3. The van der Waals surface area contributed by atoms with Gasteiger partial charge in [0.2, 0.25) is 0 Å². The van der Waals surface area contributed by atoms with E-state index in [1.165, 1.54) is 11.8 Å². The van der Waals surface area contributed by atoms with Crippen LogP contribution >= 0.6 is 0 Å². The number of amides is 1. The van der Waals surface area contributed by atoms with Crippen LogP contribution in [0.2, 0.25) is 0 Å². The van der Waals surface area contributed by atoms with Crippen LogP contribution in [0.15, 0.2) is 54.7 Å². The molecular weight excluding hydrogens is 362 g/mol. The van der Waals surface area contributed by atoms with Crippen LogP contribution in [0.5, 0.6) is 0 Å². The quantitative estimate of drug-likeness (QED) is 0.663. The summed E-state index contributed by atoms with van der Waals surface area (Å²) in [6, 6.07) is 15.8. The first-order valence-electron chi connectivity index (χ1n) is 9.82. The van der Waals surface area contributed by atoms with Crippen LogP contribution in [-0.4, -0.2) is 33.6 Å². The van der Waals surface area contributed by atoms with Crippen molar-refractivity contribution in [2.75, 3.05) is 6.61 Å². The Labute approximate surface area is 171 Å². The van der Waals surface area contributed by atoms with Crippen LogP contribution in [0.3, 0.4) is 0 Å². The van der Waals surface area contributed by atoms with Gasteiger partial charge in [0.25, 0.3) is 5.91 Å². The molecule has 0 spiro atoms. The van der Waals surface area contributed by atoms with E-state index < -0.39 is 0 Å². The molecule has 1 atom stereocenters. The number of nitrogens with zero attached hydrogens (tertiary/aromatic N) is 2. The maximum Gasteiger partial charge on any atom is 0.271 e. The third-order valence-corrected chi connectivity index (χ3v) is 4.97. The number of benzene rings is 2. The molecule has 0 fully saturated rings. The molecule has 1 heterocycles. The predicted octanol–water partition coefficient (Wildman–Crippen LogP) is 4.17. The summed E-state index contributed by atoms with van der Waals surface area (Å²) < 4.78 is 0. The van der Waals surface area contributed by atoms with E-state index in [-0.39, 0.29) is 30.2 Å². The van der Waals surface area contributed by atoms with Gasteiger partial charge in [0.1, 0.15) is 5.69 Å². The largest absolute Gasteiger partial charge is 0.394 e. The highest BCUT2D eigenvalue weighted by molar-refractivity contribution is 5.93. The summed E-state index contributed by atoms with van der Waals surface area (Å²) in [5.74, 6) is -0.227. The van der Waals surface area contributed by atoms with Crippen molar-refractivity contribution in [3.8, 4) is 22.5 Å². The van der Waals surface area contributed by atoms with Gasteiger partial charge in [0.15, 0.2) is 0 Å². The summed E-state index contributed by atoms with van der Waals surface area (Å²) in [7, 11) is 0. The van der Waals surface area contributed by atoms with Gasteiger partial charge in [-0.15, -0.1) is 0 Å². The lowest BCUT2D eigenvalue weighted by Crippen LogP contribution is -2.41. The molecule has 0 aliphatic rings. The summed E-state index contributed by atoms with van der Waals surface area (Å²) in [5.41, 5.74) is 5.78. The average molecular weight is 389 g/mol. The van der Waals surface area contributed by atoms with Gasteiger partial charge >= 0.3 is 0 Å². The lowest BCUT2D eigenvalue weighted by atomic mass is 10.0. The summed E-state index contributed by atoms with van der Waals surface area (Å²) in [5, 5.41) is 12.4. The second-order valence-corrected chi connectivity index (χ2v) is 7.69. The second kappa shape index (κ2) is 8.97. The van der Waals surface area contributed by atoms with Gasteiger partial charge in [-0.3, -0.25) is 9.78 Å². The molecule has 0 aliphatic heterocycles. The predicted molar refractivity (Wildman–Crippen MR) is 116 cm³/mol. The number of hydrogen-bond donors (Lipinski definition) is 2. The van der Waals surface area contributed by atoms with Crippen LogP contribution in [0.1, 0.15) is 35.5 Å². The first kappa shape index (κ1) is 20.7. The molecule has 29 heavy (non-hydrogen) atoms. The van der Waals surface area contributed by atoms with Gasteiger partial charge in [-0.2, -0.15) is 0 Å². The van der Waals surface area contributed by atoms with E-state index >= 15 is 0 Å². The highest BCUT2D eigenvalue weighted by atomic mass is 16.3. The Balaban J connectivity index is 2.05. The molecule has 0 bridgehead atoms. The molecule has 1 amide bonds. The van der Waals surface area contributed by atoms with Gasteiger partial charge in [0, 0.05) is 11.1 Å². The zero-order chi connectivity index (χ0) is 21.0. The van der Waals surface area contributed by atoms with Crippen molar-refractivity contribution in [3.05, 3.63) is 71.5 Å². The number of aromatic nitrogens is 2. The fourth-order valence-corrected chi connectivity index (χ4v) is 3.00. The molecule has 0 saturated carbocycles. The summed E-state index contributed by atoms with van der Waals surface area (Å²) in [6.07, 6.45) is 1.50. The van der Waals surface area contributed by atoms with Crippen molar-refractivity contribution < 1.29 is 9.90 Å². The third kappa shape index (κ3) is 4.87. The van der Waals surface area contributed by atoms with Crippen molar-refractivity contribution in [2.24, 2.45) is 5.92 Å². The SMILES string of the molecule is Cc1ccc(-c2ncc(C(=O)N[C@@H](CO)C(C)C)nc2-c2ccc(C)cc2)cc1. The number of aliphatic hydroxyl groups is 1. The molecule has 2 N–H and O–H groups in total. The van der Waals surface area contributed by atoms with E-state index in [1.54, 1.807) is 0 Å². The molecule has 0 unspecified atom stereocenters. The number of rotatable bonds is 6. The Morgan fingerprint density at radius 1 is 0.931 bits per heavy atom. The summed E-state index contributed by atoms with van der Waals surface area (Å²) in [4.78, 5) is 22.0. The number of hydrogen-bond acceptors (Lipinski definition) is 4. The van der Waals surface area contributed by atoms with Gasteiger partial charge in [-0.1, -0.05) is 73.5 Å². The van der Waals surface area contributed by atoms with Crippen molar-refractivity contribution in [1.82, 2.24) is 15.3 Å². The molecule has 5 heteroatoms. The fraction of sp³-hybridized carbons (Fsp3) is 0.292. The standard InChI is InChI=1S/C24H27N3O2/c1-15(2)21(14-28)27-24(29)20-13-25-22(18-9-5-16(3)6-10-18)23(26-20)19-11-7-17(4)8-12-19/h5-13,15,21,28H,14H2,1-4H3,(H,27,29)/t21-/m0/s1. The van der Waals surface area contributed by atoms with Gasteiger partial charge in [-0.05, 0) is 19.8 Å². The summed E-state index contributed by atoms with van der Waals surface area (Å²) in [6.45, 7) is 7.84. The first-order chi connectivity index (χ1) is 13.9. The molecule has 3 aromatic rings. The van der Waals surface area contributed by atoms with E-state index in [9.17, 15) is 9.90 Å². The Kier molecular flexibility index (Phi) is 6.39. The first-order valence-corrected chi connectivity index (χ1v) is 9.82. The van der Waals surface area contributed by atoms with Crippen LogP contribution in [0.4, 0.5) is 0 Å². The fourth-order valence-electron chi connectivity index (χ4n) is 3.00. The second-order valence-electron chi connectivity index (χ2n) is 7.69. The van der Waals surface area contributed by atoms with Crippen LogP contribution in [-0.2, 0) is 0 Å². The third-order valence-electron chi connectivity index (χ3n) is 4.97. The van der Waals surface area contributed by atoms with Crippen molar-refractivity contribution >= 4 is 5.91 Å². The zero-order valence-electron chi connectivity index (χ0n) is 17.3. The Bertz CT molecular complexity index is 980. The van der Waals surface area contributed by atoms with E-state index in [1.807, 2.05) is 76.2 Å². The van der Waals surface area contributed by atoms with E-state index in [0.29, 0.717) is 5.69 Å². The van der Waals surface area contributed by atoms with Gasteiger partial charge in [-0.25, -0.2) is 4.98 Å². The molecule has 0 aliphatic carbocycles.